The molecule has 0 aliphatic rings. The van der Waals surface area contributed by atoms with Gasteiger partial charge in [0.25, 0.3) is 0 Å². The highest BCUT2D eigenvalue weighted by Gasteiger charge is 2.28. The van der Waals surface area contributed by atoms with E-state index in [1.54, 1.807) is 6.07 Å². The van der Waals surface area contributed by atoms with Crippen molar-refractivity contribution in [3.05, 3.63) is 158 Å². The van der Waals surface area contributed by atoms with Crippen molar-refractivity contribution in [2.24, 2.45) is 0 Å². The van der Waals surface area contributed by atoms with Crippen LogP contribution in [0.5, 0.6) is 5.75 Å². The molecule has 0 spiro atoms. The highest BCUT2D eigenvalue weighted by atomic mass is 28.3. The summed E-state index contributed by atoms with van der Waals surface area (Å²) in [5.41, 5.74) is 8.90. The Bertz CT molecular complexity index is 2380. The Balaban J connectivity index is 1.44. The summed E-state index contributed by atoms with van der Waals surface area (Å²) in [5.74, 6) is 0.207. The summed E-state index contributed by atoms with van der Waals surface area (Å²) in [6, 6.07) is 52.3. The number of aromatic hydroxyl groups is 1. The summed E-state index contributed by atoms with van der Waals surface area (Å²) < 4.78 is 2.10. The van der Waals surface area contributed by atoms with Gasteiger partial charge in [-0.25, -0.2) is 4.98 Å². The lowest BCUT2D eigenvalue weighted by Gasteiger charge is -2.23. The summed E-state index contributed by atoms with van der Waals surface area (Å²) in [6.45, 7) is 4.70. The first-order valence-electron chi connectivity index (χ1n) is 15.9. The van der Waals surface area contributed by atoms with Gasteiger partial charge in [0, 0.05) is 33.4 Å². The van der Waals surface area contributed by atoms with Crippen molar-refractivity contribution in [1.29, 1.82) is 0 Å². The molecule has 0 unspecified atom stereocenters. The van der Waals surface area contributed by atoms with E-state index in [4.69, 9.17) is 9.97 Å². The standard InChI is InChI=1S/C42H33N3OSi/c1-47(2,40-22-11-12-25-43-40)33-19-13-18-32(26-33)41-34(30-16-7-4-8-17-30)28-36-35-27-31(29-14-5-3-6-15-29)23-24-37(35)45(42(36)44-41)38-20-9-10-21-39(38)46/h3-28,46H,1-2H3. The lowest BCUT2D eigenvalue weighted by molar-refractivity contribution is 0.473. The van der Waals surface area contributed by atoms with Crippen LogP contribution >= 0.6 is 0 Å². The Hall–Kier alpha value is -5.78. The van der Waals surface area contributed by atoms with E-state index in [0.29, 0.717) is 5.69 Å². The second kappa shape index (κ2) is 11.5. The largest absolute Gasteiger partial charge is 0.506 e. The minimum atomic E-state index is -2.08. The number of para-hydroxylation sites is 2. The summed E-state index contributed by atoms with van der Waals surface area (Å²) in [6.07, 6.45) is 1.89. The lowest BCUT2D eigenvalue weighted by Crippen LogP contribution is -2.54. The van der Waals surface area contributed by atoms with E-state index >= 15 is 0 Å². The van der Waals surface area contributed by atoms with Crippen molar-refractivity contribution in [2.45, 2.75) is 13.1 Å². The van der Waals surface area contributed by atoms with E-state index in [9.17, 15) is 5.11 Å². The Morgan fingerprint density at radius 1 is 0.574 bits per heavy atom. The van der Waals surface area contributed by atoms with Crippen molar-refractivity contribution in [2.75, 3.05) is 0 Å². The topological polar surface area (TPSA) is 50.9 Å². The van der Waals surface area contributed by atoms with Gasteiger partial charge in [-0.05, 0) is 59.2 Å². The first kappa shape index (κ1) is 28.7. The van der Waals surface area contributed by atoms with Gasteiger partial charge in [-0.3, -0.25) is 9.55 Å². The maximum atomic E-state index is 11.1. The van der Waals surface area contributed by atoms with E-state index in [2.05, 4.69) is 127 Å². The molecule has 8 rings (SSSR count). The molecular formula is C42H33N3OSi. The molecule has 0 saturated heterocycles. The Kier molecular flexibility index (Phi) is 7.04. The van der Waals surface area contributed by atoms with Gasteiger partial charge in [-0.15, -0.1) is 0 Å². The van der Waals surface area contributed by atoms with Crippen LogP contribution in [0.25, 0.3) is 61.1 Å². The van der Waals surface area contributed by atoms with Gasteiger partial charge in [0.05, 0.1) is 16.9 Å². The predicted octanol–water partition coefficient (Wildman–Crippen LogP) is 9.10. The fraction of sp³-hybridized carbons (Fsp3) is 0.0476. The van der Waals surface area contributed by atoms with Crippen LogP contribution in [-0.4, -0.2) is 27.7 Å². The lowest BCUT2D eigenvalue weighted by atomic mass is 9.97. The SMILES string of the molecule is C[Si](C)(c1cccc(-c2nc3c(cc2-c2ccccc2)c2cc(-c4ccccc4)ccc2n3-c2ccccc2O)c1)c1ccccn1. The number of pyridine rings is 2. The van der Waals surface area contributed by atoms with E-state index in [1.165, 1.54) is 5.19 Å². The van der Waals surface area contributed by atoms with E-state index in [0.717, 1.165) is 60.8 Å². The first-order valence-corrected chi connectivity index (χ1v) is 18.9. The monoisotopic (exact) mass is 623 g/mol. The third-order valence-electron chi connectivity index (χ3n) is 9.22. The third kappa shape index (κ3) is 5.02. The van der Waals surface area contributed by atoms with E-state index in [1.807, 2.05) is 42.6 Å². The summed E-state index contributed by atoms with van der Waals surface area (Å²) in [4.78, 5) is 10.3. The molecule has 1 N–H and O–H groups in total. The summed E-state index contributed by atoms with van der Waals surface area (Å²) in [7, 11) is -2.08. The number of fused-ring (bicyclic) bond motifs is 3. The number of benzene rings is 5. The molecule has 5 aromatic carbocycles. The first-order chi connectivity index (χ1) is 23.0. The normalized spacial score (nSPS) is 11.7. The highest BCUT2D eigenvalue weighted by molar-refractivity contribution is 7.00. The molecule has 0 fully saturated rings. The molecule has 3 aromatic heterocycles. The minimum Gasteiger partial charge on any atom is -0.506 e. The predicted molar refractivity (Wildman–Crippen MR) is 198 cm³/mol. The number of hydrogen-bond donors (Lipinski definition) is 1. The van der Waals surface area contributed by atoms with Crippen molar-refractivity contribution in [3.63, 3.8) is 0 Å². The average Bonchev–Trinajstić information content (AvgIpc) is 3.45. The Morgan fingerprint density at radius 2 is 1.28 bits per heavy atom. The van der Waals surface area contributed by atoms with Crippen LogP contribution in [0.1, 0.15) is 0 Å². The maximum Gasteiger partial charge on any atom is 0.146 e. The average molecular weight is 624 g/mol. The smallest absolute Gasteiger partial charge is 0.146 e. The zero-order chi connectivity index (χ0) is 32.0. The number of rotatable bonds is 6. The van der Waals surface area contributed by atoms with Gasteiger partial charge in [-0.2, -0.15) is 0 Å². The van der Waals surface area contributed by atoms with E-state index < -0.39 is 8.07 Å². The molecular weight excluding hydrogens is 591 g/mol. The molecule has 8 aromatic rings. The molecule has 0 aliphatic carbocycles. The fourth-order valence-electron chi connectivity index (χ4n) is 6.63. The molecule has 0 amide bonds. The van der Waals surface area contributed by atoms with Gasteiger partial charge in [-0.1, -0.05) is 127 Å². The van der Waals surface area contributed by atoms with Crippen molar-refractivity contribution < 1.29 is 5.11 Å². The minimum absolute atomic E-state index is 0.207. The van der Waals surface area contributed by atoms with Gasteiger partial charge in [0.15, 0.2) is 0 Å². The van der Waals surface area contributed by atoms with Crippen molar-refractivity contribution in [3.8, 4) is 44.9 Å². The van der Waals surface area contributed by atoms with Crippen LogP contribution < -0.4 is 10.5 Å². The highest BCUT2D eigenvalue weighted by Crippen LogP contribution is 2.41. The number of phenolic OH excluding ortho intramolecular Hbond substituents is 1. The molecule has 5 heteroatoms. The zero-order valence-corrected chi connectivity index (χ0v) is 27.3. The molecule has 47 heavy (non-hydrogen) atoms. The number of phenols is 1. The quantitative estimate of drug-likeness (QED) is 0.188. The van der Waals surface area contributed by atoms with Crippen LogP contribution in [-0.2, 0) is 0 Å². The number of aromatic nitrogens is 3. The third-order valence-corrected chi connectivity index (χ3v) is 12.6. The maximum absolute atomic E-state index is 11.1. The second-order valence-electron chi connectivity index (χ2n) is 12.5. The van der Waals surface area contributed by atoms with Gasteiger partial charge < -0.3 is 5.11 Å². The van der Waals surface area contributed by atoms with Crippen molar-refractivity contribution >= 4 is 40.5 Å². The van der Waals surface area contributed by atoms with Crippen LogP contribution in [0, 0.1) is 0 Å². The zero-order valence-electron chi connectivity index (χ0n) is 26.3. The van der Waals surface area contributed by atoms with Gasteiger partial charge in [0.2, 0.25) is 0 Å². The molecule has 226 valence electrons. The fourth-order valence-corrected chi connectivity index (χ4v) is 8.87. The Labute approximate surface area is 275 Å². The molecule has 0 radical (unpaired) electrons. The number of nitrogens with zero attached hydrogens (tertiary/aromatic N) is 3. The molecule has 0 aliphatic heterocycles. The second-order valence-corrected chi connectivity index (χ2v) is 16.8. The van der Waals surface area contributed by atoms with Crippen LogP contribution in [0.4, 0.5) is 0 Å². The molecule has 0 atom stereocenters. The van der Waals surface area contributed by atoms with Crippen LogP contribution in [0.2, 0.25) is 13.1 Å². The summed E-state index contributed by atoms with van der Waals surface area (Å²) in [5, 5.41) is 15.7. The Morgan fingerprint density at radius 3 is 2.02 bits per heavy atom. The van der Waals surface area contributed by atoms with E-state index in [-0.39, 0.29) is 5.75 Å². The molecule has 3 heterocycles. The summed E-state index contributed by atoms with van der Waals surface area (Å²) >= 11 is 0. The van der Waals surface area contributed by atoms with Gasteiger partial charge in [0.1, 0.15) is 19.5 Å². The van der Waals surface area contributed by atoms with Gasteiger partial charge >= 0.3 is 0 Å². The van der Waals surface area contributed by atoms with Crippen molar-refractivity contribution in [1.82, 2.24) is 14.5 Å². The molecule has 4 nitrogen and oxygen atoms in total. The van der Waals surface area contributed by atoms with Crippen LogP contribution in [0.15, 0.2) is 158 Å². The molecule has 0 bridgehead atoms. The van der Waals surface area contributed by atoms with Crippen LogP contribution in [0.3, 0.4) is 0 Å². The number of hydrogen-bond acceptors (Lipinski definition) is 3. The molecule has 0 saturated carbocycles.